The summed E-state index contributed by atoms with van der Waals surface area (Å²) in [6.07, 6.45) is 8.26. The van der Waals surface area contributed by atoms with Gasteiger partial charge < -0.3 is 5.11 Å². The number of aromatic nitrogens is 2. The fraction of sp³-hybridized carbons (Fsp3) is 0.667. The van der Waals surface area contributed by atoms with E-state index in [0.29, 0.717) is 18.4 Å². The third-order valence-corrected chi connectivity index (χ3v) is 4.70. The number of nitrogens with zero attached hydrogens (tertiary/aromatic N) is 3. The quantitative estimate of drug-likeness (QED) is 0.869. The van der Waals surface area contributed by atoms with Gasteiger partial charge in [0.1, 0.15) is 0 Å². The molecular weight excluding hydrogens is 268 g/mol. The highest BCUT2D eigenvalue weighted by molar-refractivity contribution is 5.90. The summed E-state index contributed by atoms with van der Waals surface area (Å²) in [4.78, 5) is 22.1. The van der Waals surface area contributed by atoms with Crippen molar-refractivity contribution in [3.8, 4) is 0 Å². The number of amides is 1. The summed E-state index contributed by atoms with van der Waals surface area (Å²) in [7, 11) is 0. The Morgan fingerprint density at radius 3 is 3.00 bits per heavy atom. The third kappa shape index (κ3) is 3.39. The number of hydrogen-bond donors (Lipinski definition) is 2. The van der Waals surface area contributed by atoms with Crippen molar-refractivity contribution >= 4 is 11.9 Å². The molecule has 1 aliphatic heterocycles. The minimum absolute atomic E-state index is 0.0950. The van der Waals surface area contributed by atoms with Crippen LogP contribution >= 0.6 is 0 Å². The van der Waals surface area contributed by atoms with E-state index in [0.717, 1.165) is 38.8 Å². The molecule has 6 heteroatoms. The van der Waals surface area contributed by atoms with Crippen LogP contribution < -0.4 is 5.32 Å². The summed E-state index contributed by atoms with van der Waals surface area (Å²) >= 11 is 0. The molecule has 1 amide bonds. The van der Waals surface area contributed by atoms with E-state index in [4.69, 9.17) is 0 Å². The van der Waals surface area contributed by atoms with E-state index in [9.17, 15) is 9.90 Å². The predicted molar refractivity (Wildman–Crippen MR) is 78.6 cm³/mol. The SMILES string of the molecule is O=C(CN1CCC2(O)CCCCC2C1)Nc1ncccn1. The monoisotopic (exact) mass is 290 g/mol. The molecule has 1 saturated carbocycles. The molecule has 2 N–H and O–H groups in total. The van der Waals surface area contributed by atoms with E-state index < -0.39 is 5.60 Å². The lowest BCUT2D eigenvalue weighted by Gasteiger charge is -2.47. The second-order valence-corrected chi connectivity index (χ2v) is 6.15. The number of nitrogens with one attached hydrogen (secondary N) is 1. The number of aliphatic hydroxyl groups is 1. The first-order valence-corrected chi connectivity index (χ1v) is 7.67. The Hall–Kier alpha value is -1.53. The van der Waals surface area contributed by atoms with Crippen LogP contribution in [0, 0.1) is 5.92 Å². The second kappa shape index (κ2) is 6.07. The van der Waals surface area contributed by atoms with Gasteiger partial charge >= 0.3 is 0 Å². The van der Waals surface area contributed by atoms with Gasteiger partial charge in [-0.3, -0.25) is 15.0 Å². The molecule has 2 atom stereocenters. The minimum Gasteiger partial charge on any atom is -0.390 e. The predicted octanol–water partition coefficient (Wildman–Crippen LogP) is 1.04. The Labute approximate surface area is 124 Å². The smallest absolute Gasteiger partial charge is 0.240 e. The largest absolute Gasteiger partial charge is 0.390 e. The lowest BCUT2D eigenvalue weighted by Crippen LogP contribution is -2.54. The van der Waals surface area contributed by atoms with Gasteiger partial charge in [-0.15, -0.1) is 0 Å². The molecule has 0 spiro atoms. The number of carbonyl (C=O) groups excluding carboxylic acids is 1. The maximum Gasteiger partial charge on any atom is 0.240 e. The van der Waals surface area contributed by atoms with Crippen LogP contribution in [0.25, 0.3) is 0 Å². The van der Waals surface area contributed by atoms with E-state index in [2.05, 4.69) is 20.2 Å². The Kier molecular flexibility index (Phi) is 4.17. The van der Waals surface area contributed by atoms with Crippen LogP contribution in [0.5, 0.6) is 0 Å². The van der Waals surface area contributed by atoms with E-state index in [-0.39, 0.29) is 5.91 Å². The molecule has 2 fully saturated rings. The van der Waals surface area contributed by atoms with Gasteiger partial charge in [0, 0.05) is 31.4 Å². The van der Waals surface area contributed by atoms with Crippen LogP contribution in [0.2, 0.25) is 0 Å². The number of rotatable bonds is 3. The molecule has 3 rings (SSSR count). The van der Waals surface area contributed by atoms with Crippen LogP contribution in [-0.4, -0.2) is 51.1 Å². The molecule has 2 unspecified atom stereocenters. The average molecular weight is 290 g/mol. The zero-order valence-corrected chi connectivity index (χ0v) is 12.2. The lowest BCUT2D eigenvalue weighted by atomic mass is 9.71. The Morgan fingerprint density at radius 2 is 2.19 bits per heavy atom. The standard InChI is InChI=1S/C15H22N4O2/c20-13(18-14-16-7-3-8-17-14)11-19-9-6-15(21)5-2-1-4-12(15)10-19/h3,7-8,12,21H,1-2,4-6,9-11H2,(H,16,17,18,20). The highest BCUT2D eigenvalue weighted by Crippen LogP contribution is 2.39. The van der Waals surface area contributed by atoms with Crippen molar-refractivity contribution in [2.75, 3.05) is 25.0 Å². The van der Waals surface area contributed by atoms with Crippen LogP contribution in [0.4, 0.5) is 5.95 Å². The zero-order valence-electron chi connectivity index (χ0n) is 12.2. The van der Waals surface area contributed by atoms with E-state index >= 15 is 0 Å². The van der Waals surface area contributed by atoms with Gasteiger partial charge in [0.25, 0.3) is 0 Å². The molecule has 1 aromatic heterocycles. The van der Waals surface area contributed by atoms with E-state index in [1.165, 1.54) is 6.42 Å². The molecule has 1 aliphatic carbocycles. The van der Waals surface area contributed by atoms with Crippen molar-refractivity contribution in [2.24, 2.45) is 5.92 Å². The number of anilines is 1. The molecule has 0 bridgehead atoms. The topological polar surface area (TPSA) is 78.4 Å². The lowest BCUT2D eigenvalue weighted by molar-refractivity contribution is -0.123. The van der Waals surface area contributed by atoms with Gasteiger partial charge in [-0.1, -0.05) is 12.8 Å². The summed E-state index contributed by atoms with van der Waals surface area (Å²) in [5.74, 6) is 0.553. The van der Waals surface area contributed by atoms with E-state index in [1.807, 2.05) is 0 Å². The number of fused-ring (bicyclic) bond motifs is 1. The van der Waals surface area contributed by atoms with Crippen LogP contribution in [0.1, 0.15) is 32.1 Å². The average Bonchev–Trinajstić information content (AvgIpc) is 2.48. The molecule has 0 radical (unpaired) electrons. The van der Waals surface area contributed by atoms with Crippen molar-refractivity contribution in [1.82, 2.24) is 14.9 Å². The maximum atomic E-state index is 12.0. The summed E-state index contributed by atoms with van der Waals surface area (Å²) < 4.78 is 0. The first-order valence-electron chi connectivity index (χ1n) is 7.67. The summed E-state index contributed by atoms with van der Waals surface area (Å²) in [6.45, 7) is 1.92. The van der Waals surface area contributed by atoms with Gasteiger partial charge in [-0.05, 0) is 25.3 Å². The van der Waals surface area contributed by atoms with Crippen molar-refractivity contribution in [2.45, 2.75) is 37.7 Å². The third-order valence-electron chi connectivity index (χ3n) is 4.70. The second-order valence-electron chi connectivity index (χ2n) is 6.15. The zero-order chi connectivity index (χ0) is 14.7. The molecule has 1 saturated heterocycles. The fourth-order valence-corrected chi connectivity index (χ4v) is 3.51. The first-order chi connectivity index (χ1) is 10.2. The minimum atomic E-state index is -0.492. The van der Waals surface area contributed by atoms with Crippen molar-refractivity contribution in [3.05, 3.63) is 18.5 Å². The van der Waals surface area contributed by atoms with Gasteiger partial charge in [0.05, 0.1) is 12.1 Å². The molecule has 1 aromatic rings. The molecule has 2 aliphatic rings. The van der Waals surface area contributed by atoms with E-state index in [1.54, 1.807) is 18.5 Å². The van der Waals surface area contributed by atoms with Gasteiger partial charge in [0.2, 0.25) is 11.9 Å². The number of likely N-dealkylation sites (tertiary alicyclic amines) is 1. The number of carbonyl (C=O) groups is 1. The Morgan fingerprint density at radius 1 is 1.38 bits per heavy atom. The molecule has 21 heavy (non-hydrogen) atoms. The normalized spacial score (nSPS) is 29.7. The highest BCUT2D eigenvalue weighted by atomic mass is 16.3. The van der Waals surface area contributed by atoms with Gasteiger partial charge in [0.15, 0.2) is 0 Å². The van der Waals surface area contributed by atoms with Gasteiger partial charge in [-0.2, -0.15) is 0 Å². The van der Waals surface area contributed by atoms with Crippen LogP contribution in [0.15, 0.2) is 18.5 Å². The molecule has 2 heterocycles. The molecule has 0 aromatic carbocycles. The highest BCUT2D eigenvalue weighted by Gasteiger charge is 2.42. The van der Waals surface area contributed by atoms with Crippen LogP contribution in [-0.2, 0) is 4.79 Å². The summed E-state index contributed by atoms with van der Waals surface area (Å²) in [6, 6.07) is 1.71. The number of hydrogen-bond acceptors (Lipinski definition) is 5. The van der Waals surface area contributed by atoms with Crippen molar-refractivity contribution in [3.63, 3.8) is 0 Å². The van der Waals surface area contributed by atoms with Crippen molar-refractivity contribution in [1.29, 1.82) is 0 Å². The van der Waals surface area contributed by atoms with Crippen molar-refractivity contribution < 1.29 is 9.90 Å². The summed E-state index contributed by atoms with van der Waals surface area (Å²) in [5.41, 5.74) is -0.492. The Bertz CT molecular complexity index is 496. The molecular formula is C15H22N4O2. The molecule has 114 valence electrons. The van der Waals surface area contributed by atoms with Gasteiger partial charge in [-0.25, -0.2) is 9.97 Å². The maximum absolute atomic E-state index is 12.0. The number of piperidine rings is 1. The van der Waals surface area contributed by atoms with Crippen LogP contribution in [0.3, 0.4) is 0 Å². The summed E-state index contributed by atoms with van der Waals surface area (Å²) in [5, 5.41) is 13.3. The fourth-order valence-electron chi connectivity index (χ4n) is 3.51. The first kappa shape index (κ1) is 14.4. The molecule has 6 nitrogen and oxygen atoms in total. The Balaban J connectivity index is 1.53.